The second-order valence-electron chi connectivity index (χ2n) is 10.5. The Balaban J connectivity index is 1.25. The van der Waals surface area contributed by atoms with E-state index >= 15 is 0 Å². The van der Waals surface area contributed by atoms with E-state index in [1.54, 1.807) is 19.0 Å². The van der Waals surface area contributed by atoms with Gasteiger partial charge in [-0.1, -0.05) is 55.5 Å². The molecule has 1 aliphatic rings. The lowest BCUT2D eigenvalue weighted by molar-refractivity contribution is 0.0827. The lowest BCUT2D eigenvalue weighted by Crippen LogP contribution is -2.40. The molecule has 0 aromatic heterocycles. The van der Waals surface area contributed by atoms with Crippen molar-refractivity contribution in [1.29, 1.82) is 0 Å². The standard InChI is InChI=1S/C33H41N3O2/c1-4-21-36(31-19-18-27-14-17-29(23-30(27)24-31)33(38)35(2)3)22-9-8-20-34-32(37)28-15-12-26(13-16-28)25-10-6-5-7-11-25/h5-7,10-17,23,31H,4,8-9,18-22,24H2,1-3H3,(H,34,37)/t31-/m0/s1. The van der Waals surface area contributed by atoms with Crippen LogP contribution in [0.2, 0.25) is 0 Å². The quantitative estimate of drug-likeness (QED) is 0.329. The maximum Gasteiger partial charge on any atom is 0.253 e. The van der Waals surface area contributed by atoms with Crippen LogP contribution in [0, 0.1) is 0 Å². The van der Waals surface area contributed by atoms with E-state index in [0.29, 0.717) is 18.2 Å². The second kappa shape index (κ2) is 13.4. The number of nitrogens with zero attached hydrogens (tertiary/aromatic N) is 2. The molecule has 3 aromatic carbocycles. The zero-order valence-electron chi connectivity index (χ0n) is 23.1. The van der Waals surface area contributed by atoms with Gasteiger partial charge in [-0.3, -0.25) is 9.59 Å². The third kappa shape index (κ3) is 7.11. The number of aryl methyl sites for hydroxylation is 1. The number of unbranched alkanes of at least 4 members (excludes halogenated alkanes) is 1. The molecule has 0 saturated heterocycles. The average molecular weight is 512 g/mol. The Morgan fingerprint density at radius 3 is 2.26 bits per heavy atom. The van der Waals surface area contributed by atoms with Crippen LogP contribution in [0.4, 0.5) is 0 Å². The van der Waals surface area contributed by atoms with E-state index in [2.05, 4.69) is 41.4 Å². The Hall–Kier alpha value is -3.44. The van der Waals surface area contributed by atoms with Gasteiger partial charge in [-0.05, 0) is 98.1 Å². The number of hydrogen-bond donors (Lipinski definition) is 1. The number of fused-ring (bicyclic) bond motifs is 1. The molecule has 0 spiro atoms. The molecule has 1 atom stereocenters. The number of nitrogens with one attached hydrogen (secondary N) is 1. The van der Waals surface area contributed by atoms with Crippen LogP contribution < -0.4 is 5.32 Å². The van der Waals surface area contributed by atoms with Crippen molar-refractivity contribution in [3.8, 4) is 11.1 Å². The van der Waals surface area contributed by atoms with Crippen molar-refractivity contribution >= 4 is 11.8 Å². The molecule has 0 saturated carbocycles. The molecule has 38 heavy (non-hydrogen) atoms. The lowest BCUT2D eigenvalue weighted by Gasteiger charge is -2.35. The summed E-state index contributed by atoms with van der Waals surface area (Å²) in [6, 6.07) is 24.7. The van der Waals surface area contributed by atoms with Gasteiger partial charge in [0.25, 0.3) is 11.8 Å². The fraction of sp³-hybridized carbons (Fsp3) is 0.394. The highest BCUT2D eigenvalue weighted by Crippen LogP contribution is 2.26. The minimum Gasteiger partial charge on any atom is -0.352 e. The summed E-state index contributed by atoms with van der Waals surface area (Å²) in [7, 11) is 3.61. The molecule has 1 aliphatic carbocycles. The molecule has 0 fully saturated rings. The van der Waals surface area contributed by atoms with Crippen LogP contribution in [0.25, 0.3) is 11.1 Å². The smallest absolute Gasteiger partial charge is 0.253 e. The summed E-state index contributed by atoms with van der Waals surface area (Å²) in [4.78, 5) is 29.3. The zero-order chi connectivity index (χ0) is 26.9. The molecule has 0 heterocycles. The summed E-state index contributed by atoms with van der Waals surface area (Å²) in [5.41, 5.74) is 6.45. The van der Waals surface area contributed by atoms with E-state index < -0.39 is 0 Å². The second-order valence-corrected chi connectivity index (χ2v) is 10.5. The molecular formula is C33H41N3O2. The maximum absolute atomic E-state index is 12.6. The zero-order valence-corrected chi connectivity index (χ0v) is 23.1. The first-order valence-corrected chi connectivity index (χ1v) is 14.0. The van der Waals surface area contributed by atoms with E-state index in [4.69, 9.17) is 0 Å². The van der Waals surface area contributed by atoms with Gasteiger partial charge >= 0.3 is 0 Å². The van der Waals surface area contributed by atoms with Crippen molar-refractivity contribution in [2.24, 2.45) is 0 Å². The van der Waals surface area contributed by atoms with Crippen LogP contribution in [0.15, 0.2) is 72.8 Å². The van der Waals surface area contributed by atoms with Crippen molar-refractivity contribution in [3.05, 3.63) is 95.1 Å². The molecule has 0 aliphatic heterocycles. The largest absolute Gasteiger partial charge is 0.352 e. The van der Waals surface area contributed by atoms with E-state index in [1.165, 1.54) is 11.1 Å². The third-order valence-corrected chi connectivity index (χ3v) is 7.50. The van der Waals surface area contributed by atoms with Gasteiger partial charge < -0.3 is 15.1 Å². The highest BCUT2D eigenvalue weighted by Gasteiger charge is 2.24. The molecule has 0 radical (unpaired) electrons. The van der Waals surface area contributed by atoms with Crippen LogP contribution in [-0.2, 0) is 12.8 Å². The molecule has 2 amide bonds. The maximum atomic E-state index is 12.6. The predicted octanol–water partition coefficient (Wildman–Crippen LogP) is 5.83. The summed E-state index contributed by atoms with van der Waals surface area (Å²) in [6.07, 6.45) is 6.35. The number of carbonyl (C=O) groups excluding carboxylic acids is 2. The van der Waals surface area contributed by atoms with Crippen LogP contribution in [0.5, 0.6) is 0 Å². The van der Waals surface area contributed by atoms with Gasteiger partial charge in [-0.2, -0.15) is 0 Å². The van der Waals surface area contributed by atoms with E-state index in [0.717, 1.165) is 68.3 Å². The summed E-state index contributed by atoms with van der Waals surface area (Å²) >= 11 is 0. The van der Waals surface area contributed by atoms with Gasteiger partial charge in [0.1, 0.15) is 0 Å². The Morgan fingerprint density at radius 2 is 1.55 bits per heavy atom. The van der Waals surface area contributed by atoms with E-state index in [9.17, 15) is 9.59 Å². The first-order valence-electron chi connectivity index (χ1n) is 14.0. The van der Waals surface area contributed by atoms with E-state index in [-0.39, 0.29) is 11.8 Å². The van der Waals surface area contributed by atoms with Crippen molar-refractivity contribution in [1.82, 2.24) is 15.1 Å². The molecule has 0 bridgehead atoms. The van der Waals surface area contributed by atoms with Crippen molar-refractivity contribution < 1.29 is 9.59 Å². The molecule has 0 unspecified atom stereocenters. The molecule has 3 aromatic rings. The van der Waals surface area contributed by atoms with Gasteiger partial charge in [0.05, 0.1) is 0 Å². The summed E-state index contributed by atoms with van der Waals surface area (Å²) in [5.74, 6) is 0.0523. The molecule has 4 rings (SSSR count). The molecular weight excluding hydrogens is 470 g/mol. The van der Waals surface area contributed by atoms with Crippen LogP contribution in [0.1, 0.15) is 64.4 Å². The van der Waals surface area contributed by atoms with Crippen LogP contribution >= 0.6 is 0 Å². The molecule has 1 N–H and O–H groups in total. The van der Waals surface area contributed by atoms with Crippen LogP contribution in [-0.4, -0.2) is 61.4 Å². The topological polar surface area (TPSA) is 52.7 Å². The number of amides is 2. The van der Waals surface area contributed by atoms with Crippen molar-refractivity contribution in [3.63, 3.8) is 0 Å². The number of benzene rings is 3. The first kappa shape index (κ1) is 27.6. The predicted molar refractivity (Wildman–Crippen MR) is 156 cm³/mol. The van der Waals surface area contributed by atoms with Crippen LogP contribution in [0.3, 0.4) is 0 Å². The summed E-state index contributed by atoms with van der Waals surface area (Å²) in [6.45, 7) is 5.03. The molecule has 200 valence electrons. The summed E-state index contributed by atoms with van der Waals surface area (Å²) in [5, 5.41) is 3.09. The third-order valence-electron chi connectivity index (χ3n) is 7.50. The number of carbonyl (C=O) groups is 2. The van der Waals surface area contributed by atoms with E-state index in [1.807, 2.05) is 48.5 Å². The minimum atomic E-state index is -0.0120. The monoisotopic (exact) mass is 511 g/mol. The van der Waals surface area contributed by atoms with Gasteiger partial charge in [0.15, 0.2) is 0 Å². The molecule has 5 nitrogen and oxygen atoms in total. The normalized spacial score (nSPS) is 14.7. The SMILES string of the molecule is CCCN(CCCCNC(=O)c1ccc(-c2ccccc2)cc1)[C@H]1CCc2ccc(C(=O)N(C)C)cc2C1. The Kier molecular flexibility index (Phi) is 9.72. The fourth-order valence-corrected chi connectivity index (χ4v) is 5.39. The van der Waals surface area contributed by atoms with Gasteiger partial charge in [-0.25, -0.2) is 0 Å². The molecule has 5 heteroatoms. The number of hydrogen-bond acceptors (Lipinski definition) is 3. The highest BCUT2D eigenvalue weighted by molar-refractivity contribution is 5.95. The first-order chi connectivity index (χ1) is 18.5. The summed E-state index contributed by atoms with van der Waals surface area (Å²) < 4.78 is 0. The highest BCUT2D eigenvalue weighted by atomic mass is 16.2. The van der Waals surface area contributed by atoms with Gasteiger partial charge in [-0.15, -0.1) is 0 Å². The van der Waals surface area contributed by atoms with Crippen molar-refractivity contribution in [2.45, 2.75) is 51.5 Å². The Bertz CT molecular complexity index is 1200. The fourth-order valence-electron chi connectivity index (χ4n) is 5.39. The van der Waals surface area contributed by atoms with Crippen molar-refractivity contribution in [2.75, 3.05) is 33.7 Å². The minimum absolute atomic E-state index is 0.0120. The Morgan fingerprint density at radius 1 is 0.842 bits per heavy atom. The number of rotatable bonds is 11. The average Bonchev–Trinajstić information content (AvgIpc) is 2.95. The Labute approximate surface area is 227 Å². The lowest BCUT2D eigenvalue weighted by atomic mass is 9.86. The van der Waals surface area contributed by atoms with Gasteiger partial charge in [0, 0.05) is 37.8 Å². The van der Waals surface area contributed by atoms with Gasteiger partial charge in [0.2, 0.25) is 0 Å².